The van der Waals surface area contributed by atoms with Gasteiger partial charge in [0.15, 0.2) is 0 Å². The first-order valence-corrected chi connectivity index (χ1v) is 8.29. The molecule has 3 nitrogen and oxygen atoms in total. The molecule has 2 aromatic rings. The predicted octanol–water partition coefficient (Wildman–Crippen LogP) is 4.98. The van der Waals surface area contributed by atoms with E-state index < -0.39 is 0 Å². The molecule has 2 aromatic carbocycles. The predicted molar refractivity (Wildman–Crippen MR) is 98.2 cm³/mol. The molecule has 0 radical (unpaired) electrons. The third-order valence-corrected chi connectivity index (χ3v) is 3.75. The molecule has 0 atom stereocenters. The number of anilines is 2. The Balaban J connectivity index is 1.82. The molecule has 1 amide bonds. The smallest absolute Gasteiger partial charge is 0.228 e. The van der Waals surface area contributed by atoms with E-state index in [0.29, 0.717) is 17.4 Å². The highest BCUT2D eigenvalue weighted by atomic mass is 35.5. The Morgan fingerprint density at radius 3 is 2.22 bits per heavy atom. The van der Waals surface area contributed by atoms with E-state index in [1.807, 2.05) is 36.4 Å². The van der Waals surface area contributed by atoms with Gasteiger partial charge in [-0.3, -0.25) is 4.79 Å². The van der Waals surface area contributed by atoms with Crippen LogP contribution in [0.3, 0.4) is 0 Å². The molecule has 0 spiro atoms. The zero-order chi connectivity index (χ0) is 16.7. The van der Waals surface area contributed by atoms with Gasteiger partial charge in [0.25, 0.3) is 0 Å². The minimum Gasteiger partial charge on any atom is -0.385 e. The van der Waals surface area contributed by atoms with Crippen molar-refractivity contribution in [3.05, 3.63) is 59.1 Å². The molecule has 0 unspecified atom stereocenters. The highest BCUT2D eigenvalue weighted by molar-refractivity contribution is 6.30. The van der Waals surface area contributed by atoms with Gasteiger partial charge in [0.2, 0.25) is 5.91 Å². The summed E-state index contributed by atoms with van der Waals surface area (Å²) in [6, 6.07) is 15.1. The van der Waals surface area contributed by atoms with Crippen LogP contribution in [0.2, 0.25) is 5.02 Å². The van der Waals surface area contributed by atoms with Gasteiger partial charge in [-0.15, -0.1) is 0 Å². The van der Waals surface area contributed by atoms with Crippen LogP contribution >= 0.6 is 11.6 Å². The monoisotopic (exact) mass is 330 g/mol. The SMILES string of the molecule is CC(C)CCNc1ccc(NC(=O)Cc2ccc(Cl)cc2)cc1. The normalized spacial score (nSPS) is 10.6. The summed E-state index contributed by atoms with van der Waals surface area (Å²) in [6.45, 7) is 5.38. The molecule has 0 saturated heterocycles. The highest BCUT2D eigenvalue weighted by Gasteiger charge is 2.04. The van der Waals surface area contributed by atoms with Crippen LogP contribution in [0.5, 0.6) is 0 Å². The summed E-state index contributed by atoms with van der Waals surface area (Å²) in [5.41, 5.74) is 2.82. The average molecular weight is 331 g/mol. The number of benzene rings is 2. The van der Waals surface area contributed by atoms with Crippen LogP contribution in [-0.2, 0) is 11.2 Å². The number of rotatable bonds is 7. The van der Waals surface area contributed by atoms with Crippen LogP contribution in [0.4, 0.5) is 11.4 Å². The first kappa shape index (κ1) is 17.4. The van der Waals surface area contributed by atoms with Gasteiger partial charge in [-0.05, 0) is 54.3 Å². The van der Waals surface area contributed by atoms with Gasteiger partial charge < -0.3 is 10.6 Å². The molecule has 0 saturated carbocycles. The van der Waals surface area contributed by atoms with E-state index in [-0.39, 0.29) is 5.91 Å². The van der Waals surface area contributed by atoms with Crippen molar-refractivity contribution < 1.29 is 4.79 Å². The number of amides is 1. The Hall–Kier alpha value is -2.00. The van der Waals surface area contributed by atoms with Crippen LogP contribution in [0.25, 0.3) is 0 Å². The molecule has 0 aliphatic heterocycles. The second kappa shape index (κ2) is 8.59. The van der Waals surface area contributed by atoms with Crippen molar-refractivity contribution in [1.29, 1.82) is 0 Å². The van der Waals surface area contributed by atoms with Crippen molar-refractivity contribution in [2.45, 2.75) is 26.7 Å². The van der Waals surface area contributed by atoms with Crippen LogP contribution < -0.4 is 10.6 Å². The highest BCUT2D eigenvalue weighted by Crippen LogP contribution is 2.15. The molecule has 0 aliphatic carbocycles. The molecular formula is C19H23ClN2O. The van der Waals surface area contributed by atoms with Gasteiger partial charge in [-0.2, -0.15) is 0 Å². The number of halogens is 1. The topological polar surface area (TPSA) is 41.1 Å². The number of carbonyl (C=O) groups excluding carboxylic acids is 1. The Morgan fingerprint density at radius 1 is 1.00 bits per heavy atom. The van der Waals surface area contributed by atoms with Crippen molar-refractivity contribution >= 4 is 28.9 Å². The fraction of sp³-hybridized carbons (Fsp3) is 0.316. The van der Waals surface area contributed by atoms with E-state index in [9.17, 15) is 4.79 Å². The molecular weight excluding hydrogens is 308 g/mol. The quantitative estimate of drug-likeness (QED) is 0.751. The fourth-order valence-corrected chi connectivity index (χ4v) is 2.30. The van der Waals surface area contributed by atoms with Gasteiger partial charge in [-0.25, -0.2) is 0 Å². The zero-order valence-electron chi connectivity index (χ0n) is 13.6. The van der Waals surface area contributed by atoms with Crippen LogP contribution in [0, 0.1) is 5.92 Å². The lowest BCUT2D eigenvalue weighted by molar-refractivity contribution is -0.115. The molecule has 0 aromatic heterocycles. The Kier molecular flexibility index (Phi) is 6.48. The summed E-state index contributed by atoms with van der Waals surface area (Å²) in [5, 5.41) is 6.96. The molecule has 2 N–H and O–H groups in total. The van der Waals surface area contributed by atoms with Crippen molar-refractivity contribution in [2.24, 2.45) is 5.92 Å². The summed E-state index contributed by atoms with van der Waals surface area (Å²) in [4.78, 5) is 12.0. The van der Waals surface area contributed by atoms with E-state index in [4.69, 9.17) is 11.6 Å². The number of hydrogen-bond donors (Lipinski definition) is 2. The Morgan fingerprint density at radius 2 is 1.61 bits per heavy atom. The maximum absolute atomic E-state index is 12.0. The number of hydrogen-bond acceptors (Lipinski definition) is 2. The largest absolute Gasteiger partial charge is 0.385 e. The number of nitrogens with one attached hydrogen (secondary N) is 2. The summed E-state index contributed by atoms with van der Waals surface area (Å²) in [7, 11) is 0. The zero-order valence-corrected chi connectivity index (χ0v) is 14.4. The summed E-state index contributed by atoms with van der Waals surface area (Å²) < 4.78 is 0. The van der Waals surface area contributed by atoms with Gasteiger partial charge in [0.05, 0.1) is 6.42 Å². The van der Waals surface area contributed by atoms with Gasteiger partial charge >= 0.3 is 0 Å². The van der Waals surface area contributed by atoms with Crippen LogP contribution in [0.15, 0.2) is 48.5 Å². The molecule has 122 valence electrons. The minimum absolute atomic E-state index is 0.0344. The van der Waals surface area contributed by atoms with E-state index in [2.05, 4.69) is 24.5 Å². The fourth-order valence-electron chi connectivity index (χ4n) is 2.17. The van der Waals surface area contributed by atoms with Crippen molar-refractivity contribution in [2.75, 3.05) is 17.2 Å². The molecule has 2 rings (SSSR count). The van der Waals surface area contributed by atoms with E-state index in [0.717, 1.165) is 29.9 Å². The first-order valence-electron chi connectivity index (χ1n) is 7.91. The van der Waals surface area contributed by atoms with Gasteiger partial charge in [0.1, 0.15) is 0 Å². The van der Waals surface area contributed by atoms with Crippen molar-refractivity contribution in [1.82, 2.24) is 0 Å². The van der Waals surface area contributed by atoms with E-state index in [1.54, 1.807) is 12.1 Å². The lowest BCUT2D eigenvalue weighted by Gasteiger charge is -2.10. The first-order chi connectivity index (χ1) is 11.0. The molecule has 4 heteroatoms. The van der Waals surface area contributed by atoms with E-state index in [1.165, 1.54) is 0 Å². The van der Waals surface area contributed by atoms with Crippen molar-refractivity contribution in [3.63, 3.8) is 0 Å². The van der Waals surface area contributed by atoms with E-state index >= 15 is 0 Å². The van der Waals surface area contributed by atoms with Crippen molar-refractivity contribution in [3.8, 4) is 0 Å². The Bertz CT molecular complexity index is 621. The molecule has 0 heterocycles. The molecule has 0 aliphatic rings. The second-order valence-corrected chi connectivity index (χ2v) is 6.47. The average Bonchev–Trinajstić information content (AvgIpc) is 2.51. The standard InChI is InChI=1S/C19H23ClN2O/c1-14(2)11-12-21-17-7-9-18(10-8-17)22-19(23)13-15-3-5-16(20)6-4-15/h3-10,14,21H,11-13H2,1-2H3,(H,22,23). The van der Waals surface area contributed by atoms with Crippen LogP contribution in [0.1, 0.15) is 25.8 Å². The van der Waals surface area contributed by atoms with Gasteiger partial charge in [-0.1, -0.05) is 37.6 Å². The summed E-state index contributed by atoms with van der Waals surface area (Å²) in [6.07, 6.45) is 1.48. The van der Waals surface area contributed by atoms with Gasteiger partial charge in [0, 0.05) is 22.9 Å². The third kappa shape index (κ3) is 6.33. The second-order valence-electron chi connectivity index (χ2n) is 6.04. The lowest BCUT2D eigenvalue weighted by Crippen LogP contribution is -2.14. The maximum Gasteiger partial charge on any atom is 0.228 e. The summed E-state index contributed by atoms with van der Waals surface area (Å²) in [5.74, 6) is 0.654. The maximum atomic E-state index is 12.0. The lowest BCUT2D eigenvalue weighted by atomic mass is 10.1. The molecule has 23 heavy (non-hydrogen) atoms. The van der Waals surface area contributed by atoms with Crippen LogP contribution in [-0.4, -0.2) is 12.5 Å². The molecule has 0 bridgehead atoms. The molecule has 0 fully saturated rings. The Labute approximate surface area is 143 Å². The minimum atomic E-state index is -0.0344. The summed E-state index contributed by atoms with van der Waals surface area (Å²) >= 11 is 5.84. The third-order valence-electron chi connectivity index (χ3n) is 3.50. The number of carbonyl (C=O) groups is 1.